The molecule has 1 saturated carbocycles. The molecule has 1 fully saturated rings. The van der Waals surface area contributed by atoms with Gasteiger partial charge in [0.25, 0.3) is 0 Å². The number of para-hydroxylation sites is 1. The van der Waals surface area contributed by atoms with Crippen molar-refractivity contribution in [1.29, 1.82) is 0 Å². The molecule has 1 N–H and O–H groups in total. The molecule has 0 spiro atoms. The fourth-order valence-electron chi connectivity index (χ4n) is 2.77. The molecular formula is C15H21ClN2O. The Hall–Kier alpha value is -1.06. The van der Waals surface area contributed by atoms with E-state index < -0.39 is 0 Å². The summed E-state index contributed by atoms with van der Waals surface area (Å²) in [7, 11) is 0. The zero-order valence-corrected chi connectivity index (χ0v) is 11.9. The highest BCUT2D eigenvalue weighted by Crippen LogP contribution is 2.31. The lowest BCUT2D eigenvalue weighted by Gasteiger charge is -2.29. The van der Waals surface area contributed by atoms with Crippen LogP contribution >= 0.6 is 12.4 Å². The van der Waals surface area contributed by atoms with Gasteiger partial charge in [-0.3, -0.25) is 4.79 Å². The Bertz CT molecular complexity index is 446. The number of rotatable bonds is 2. The van der Waals surface area contributed by atoms with E-state index in [2.05, 4.69) is 17.4 Å². The number of carbonyl (C=O) groups is 1. The second-order valence-electron chi connectivity index (χ2n) is 5.35. The molecule has 0 atom stereocenters. The summed E-state index contributed by atoms with van der Waals surface area (Å²) in [5.41, 5.74) is 2.34. The van der Waals surface area contributed by atoms with Gasteiger partial charge in [0, 0.05) is 31.7 Å². The van der Waals surface area contributed by atoms with Crippen LogP contribution in [0.15, 0.2) is 24.3 Å². The van der Waals surface area contributed by atoms with Crippen molar-refractivity contribution in [3.63, 3.8) is 0 Å². The summed E-state index contributed by atoms with van der Waals surface area (Å²) < 4.78 is 0. The van der Waals surface area contributed by atoms with E-state index >= 15 is 0 Å². The van der Waals surface area contributed by atoms with Gasteiger partial charge in [0.2, 0.25) is 5.91 Å². The molecule has 0 radical (unpaired) electrons. The number of halogens is 1. The third kappa shape index (κ3) is 3.10. The van der Waals surface area contributed by atoms with Crippen molar-refractivity contribution in [3.05, 3.63) is 29.8 Å². The molecule has 1 aromatic carbocycles. The van der Waals surface area contributed by atoms with Crippen molar-refractivity contribution in [2.24, 2.45) is 5.92 Å². The Kier molecular flexibility index (Phi) is 4.83. The van der Waals surface area contributed by atoms with Crippen LogP contribution in [0.5, 0.6) is 0 Å². The van der Waals surface area contributed by atoms with Crippen LogP contribution in [-0.4, -0.2) is 19.0 Å². The van der Waals surface area contributed by atoms with Gasteiger partial charge in [0.15, 0.2) is 0 Å². The maximum atomic E-state index is 12.4. The highest BCUT2D eigenvalue weighted by Gasteiger charge is 2.26. The Morgan fingerprint density at radius 2 is 2.11 bits per heavy atom. The molecule has 3 nitrogen and oxygen atoms in total. The molecule has 4 heteroatoms. The third-order valence-corrected chi connectivity index (χ3v) is 4.10. The first-order valence-corrected chi connectivity index (χ1v) is 6.93. The van der Waals surface area contributed by atoms with Gasteiger partial charge in [-0.1, -0.05) is 24.6 Å². The number of hydrogen-bond acceptors (Lipinski definition) is 2. The van der Waals surface area contributed by atoms with E-state index in [9.17, 15) is 4.79 Å². The lowest BCUT2D eigenvalue weighted by molar-refractivity contribution is -0.120. The summed E-state index contributed by atoms with van der Waals surface area (Å²) in [6, 6.07) is 8.24. The maximum Gasteiger partial charge on any atom is 0.227 e. The normalized spacial score (nSPS) is 18.8. The smallest absolute Gasteiger partial charge is 0.227 e. The highest BCUT2D eigenvalue weighted by molar-refractivity contribution is 5.94. The number of benzene rings is 1. The van der Waals surface area contributed by atoms with Crippen LogP contribution in [0.25, 0.3) is 0 Å². The summed E-state index contributed by atoms with van der Waals surface area (Å²) in [6.07, 6.45) is 4.50. The minimum atomic E-state index is 0. The number of nitrogens with zero attached hydrogens (tertiary/aromatic N) is 1. The summed E-state index contributed by atoms with van der Waals surface area (Å²) in [5, 5.41) is 3.38. The molecule has 0 aromatic heterocycles. The van der Waals surface area contributed by atoms with Gasteiger partial charge in [-0.05, 0) is 30.4 Å². The van der Waals surface area contributed by atoms with Crippen LogP contribution in [-0.2, 0) is 11.3 Å². The lowest BCUT2D eigenvalue weighted by Crippen LogP contribution is -2.36. The van der Waals surface area contributed by atoms with Crippen molar-refractivity contribution in [3.8, 4) is 0 Å². The van der Waals surface area contributed by atoms with Gasteiger partial charge in [0.05, 0.1) is 0 Å². The van der Waals surface area contributed by atoms with Crippen LogP contribution in [0.1, 0.15) is 31.2 Å². The fraction of sp³-hybridized carbons (Fsp3) is 0.533. The monoisotopic (exact) mass is 280 g/mol. The number of anilines is 1. The van der Waals surface area contributed by atoms with E-state index in [1.807, 2.05) is 17.0 Å². The Morgan fingerprint density at radius 3 is 2.84 bits per heavy atom. The van der Waals surface area contributed by atoms with Gasteiger partial charge in [-0.2, -0.15) is 0 Å². The van der Waals surface area contributed by atoms with E-state index in [0.29, 0.717) is 11.8 Å². The SMILES string of the molecule is Cl.O=C(CC1CCC1)N1CCNCc2ccccc21. The summed E-state index contributed by atoms with van der Waals surface area (Å²) in [6.45, 7) is 2.54. The fourth-order valence-corrected chi connectivity index (χ4v) is 2.77. The third-order valence-electron chi connectivity index (χ3n) is 4.10. The van der Waals surface area contributed by atoms with Crippen molar-refractivity contribution in [2.75, 3.05) is 18.0 Å². The predicted molar refractivity (Wildman–Crippen MR) is 79.7 cm³/mol. The van der Waals surface area contributed by atoms with Gasteiger partial charge in [-0.15, -0.1) is 12.4 Å². The Morgan fingerprint density at radius 1 is 1.32 bits per heavy atom. The molecule has 0 saturated heterocycles. The molecule has 0 bridgehead atoms. The lowest BCUT2D eigenvalue weighted by atomic mass is 9.82. The summed E-state index contributed by atoms with van der Waals surface area (Å²) >= 11 is 0. The van der Waals surface area contributed by atoms with Crippen molar-refractivity contribution < 1.29 is 4.79 Å². The van der Waals surface area contributed by atoms with Gasteiger partial charge >= 0.3 is 0 Å². The Balaban J connectivity index is 0.00000133. The first-order chi connectivity index (χ1) is 8.84. The van der Waals surface area contributed by atoms with E-state index in [1.54, 1.807) is 0 Å². The van der Waals surface area contributed by atoms with E-state index in [1.165, 1.54) is 24.8 Å². The molecule has 1 aromatic rings. The first kappa shape index (κ1) is 14.4. The molecule has 3 rings (SSSR count). The molecular weight excluding hydrogens is 260 g/mol. The maximum absolute atomic E-state index is 12.4. The quantitative estimate of drug-likeness (QED) is 0.903. The van der Waals surface area contributed by atoms with Crippen molar-refractivity contribution in [2.45, 2.75) is 32.2 Å². The number of nitrogens with one attached hydrogen (secondary N) is 1. The average molecular weight is 281 g/mol. The van der Waals surface area contributed by atoms with E-state index in [-0.39, 0.29) is 12.4 Å². The zero-order valence-electron chi connectivity index (χ0n) is 11.1. The van der Waals surface area contributed by atoms with Gasteiger partial charge < -0.3 is 10.2 Å². The minimum Gasteiger partial charge on any atom is -0.311 e. The van der Waals surface area contributed by atoms with Crippen LogP contribution < -0.4 is 10.2 Å². The topological polar surface area (TPSA) is 32.3 Å². The van der Waals surface area contributed by atoms with Crippen LogP contribution in [0.3, 0.4) is 0 Å². The standard InChI is InChI=1S/C15H20N2O.ClH/c18-15(10-12-4-3-5-12)17-9-8-16-11-13-6-1-2-7-14(13)17;/h1-2,6-7,12,16H,3-5,8-11H2;1H. The second kappa shape index (κ2) is 6.40. The van der Waals surface area contributed by atoms with Crippen LogP contribution in [0.2, 0.25) is 0 Å². The number of carbonyl (C=O) groups excluding carboxylic acids is 1. The van der Waals surface area contributed by atoms with E-state index in [4.69, 9.17) is 0 Å². The number of fused-ring (bicyclic) bond motifs is 1. The van der Waals surface area contributed by atoms with Gasteiger partial charge in [0.1, 0.15) is 0 Å². The molecule has 2 aliphatic rings. The molecule has 1 heterocycles. The first-order valence-electron chi connectivity index (χ1n) is 6.93. The molecule has 0 unspecified atom stereocenters. The molecule has 104 valence electrons. The minimum absolute atomic E-state index is 0. The molecule has 19 heavy (non-hydrogen) atoms. The van der Waals surface area contributed by atoms with Crippen molar-refractivity contribution >= 4 is 24.0 Å². The zero-order chi connectivity index (χ0) is 12.4. The summed E-state index contributed by atoms with van der Waals surface area (Å²) in [5.74, 6) is 0.941. The number of hydrogen-bond donors (Lipinski definition) is 1. The van der Waals surface area contributed by atoms with Gasteiger partial charge in [-0.25, -0.2) is 0 Å². The van der Waals surface area contributed by atoms with Crippen molar-refractivity contribution in [1.82, 2.24) is 5.32 Å². The predicted octanol–water partition coefficient (Wildman–Crippen LogP) is 2.73. The van der Waals surface area contributed by atoms with Crippen LogP contribution in [0, 0.1) is 5.92 Å². The molecule has 1 aliphatic heterocycles. The molecule has 1 aliphatic carbocycles. The highest BCUT2D eigenvalue weighted by atomic mass is 35.5. The number of amides is 1. The second-order valence-corrected chi connectivity index (χ2v) is 5.35. The largest absolute Gasteiger partial charge is 0.311 e. The average Bonchev–Trinajstić information content (AvgIpc) is 2.56. The Labute approximate surface area is 120 Å². The summed E-state index contributed by atoms with van der Waals surface area (Å²) in [4.78, 5) is 14.4. The van der Waals surface area contributed by atoms with Crippen LogP contribution in [0.4, 0.5) is 5.69 Å². The van der Waals surface area contributed by atoms with E-state index in [0.717, 1.165) is 31.7 Å². The molecule has 1 amide bonds.